The first-order valence-electron chi connectivity index (χ1n) is 9.04. The SMILES string of the molecule is O=[N+]([O-])c1ccc(OCCOCCOCCOCCOc2ccccc2)cc1. The highest BCUT2D eigenvalue weighted by Crippen LogP contribution is 2.17. The Hall–Kier alpha value is -2.68. The summed E-state index contributed by atoms with van der Waals surface area (Å²) in [4.78, 5) is 10.1. The van der Waals surface area contributed by atoms with Gasteiger partial charge in [0.2, 0.25) is 0 Å². The lowest BCUT2D eigenvalue weighted by Gasteiger charge is -2.09. The van der Waals surface area contributed by atoms with Gasteiger partial charge in [-0.2, -0.15) is 0 Å². The van der Waals surface area contributed by atoms with E-state index in [2.05, 4.69) is 0 Å². The summed E-state index contributed by atoms with van der Waals surface area (Å²) in [6.07, 6.45) is 0. The maximum Gasteiger partial charge on any atom is 0.269 e. The number of nitrogens with zero attached hydrogens (tertiary/aromatic N) is 1. The first-order chi connectivity index (χ1) is 13.8. The Morgan fingerprint density at radius 1 is 0.607 bits per heavy atom. The molecule has 8 nitrogen and oxygen atoms in total. The van der Waals surface area contributed by atoms with Crippen molar-refractivity contribution in [1.29, 1.82) is 0 Å². The molecule has 0 radical (unpaired) electrons. The number of nitro groups is 1. The van der Waals surface area contributed by atoms with Crippen LogP contribution in [0.2, 0.25) is 0 Å². The molecule has 2 aromatic rings. The molecule has 0 aliphatic carbocycles. The van der Waals surface area contributed by atoms with Crippen LogP contribution < -0.4 is 9.47 Å². The van der Waals surface area contributed by atoms with Crippen LogP contribution in [0.5, 0.6) is 11.5 Å². The van der Waals surface area contributed by atoms with Gasteiger partial charge in [0.15, 0.2) is 0 Å². The third-order valence-corrected chi connectivity index (χ3v) is 3.53. The van der Waals surface area contributed by atoms with Crippen molar-refractivity contribution in [3.8, 4) is 11.5 Å². The van der Waals surface area contributed by atoms with Crippen LogP contribution >= 0.6 is 0 Å². The van der Waals surface area contributed by atoms with Crippen LogP contribution in [0.15, 0.2) is 54.6 Å². The molecule has 0 fully saturated rings. The largest absolute Gasteiger partial charge is 0.491 e. The maximum absolute atomic E-state index is 10.6. The fourth-order valence-corrected chi connectivity index (χ4v) is 2.16. The monoisotopic (exact) mass is 391 g/mol. The zero-order valence-electron chi connectivity index (χ0n) is 15.7. The molecule has 0 unspecified atom stereocenters. The van der Waals surface area contributed by atoms with Crippen molar-refractivity contribution in [2.75, 3.05) is 52.9 Å². The summed E-state index contributed by atoms with van der Waals surface area (Å²) in [5, 5.41) is 10.6. The van der Waals surface area contributed by atoms with Gasteiger partial charge in [-0.1, -0.05) is 18.2 Å². The number of hydrogen-bond acceptors (Lipinski definition) is 7. The molecule has 2 rings (SSSR count). The van der Waals surface area contributed by atoms with Crippen LogP contribution in [-0.2, 0) is 14.2 Å². The van der Waals surface area contributed by atoms with Gasteiger partial charge < -0.3 is 23.7 Å². The highest BCUT2D eigenvalue weighted by molar-refractivity contribution is 5.35. The lowest BCUT2D eigenvalue weighted by molar-refractivity contribution is -0.384. The smallest absolute Gasteiger partial charge is 0.269 e. The Bertz CT molecular complexity index is 664. The van der Waals surface area contributed by atoms with Gasteiger partial charge >= 0.3 is 0 Å². The number of ether oxygens (including phenoxy) is 5. The molecule has 2 aromatic carbocycles. The predicted molar refractivity (Wildman–Crippen MR) is 103 cm³/mol. The van der Waals surface area contributed by atoms with E-state index in [1.54, 1.807) is 12.1 Å². The van der Waals surface area contributed by atoms with Crippen molar-refractivity contribution < 1.29 is 28.6 Å². The highest BCUT2D eigenvalue weighted by atomic mass is 16.6. The van der Waals surface area contributed by atoms with E-state index in [-0.39, 0.29) is 5.69 Å². The minimum absolute atomic E-state index is 0.0356. The Balaban J connectivity index is 1.34. The van der Waals surface area contributed by atoms with E-state index in [4.69, 9.17) is 23.7 Å². The van der Waals surface area contributed by atoms with Crippen LogP contribution in [0.25, 0.3) is 0 Å². The molecular formula is C20H25NO7. The third kappa shape index (κ3) is 9.31. The summed E-state index contributed by atoms with van der Waals surface area (Å²) < 4.78 is 27.2. The van der Waals surface area contributed by atoms with E-state index < -0.39 is 4.92 Å². The molecule has 0 heterocycles. The number of nitro benzene ring substituents is 1. The highest BCUT2D eigenvalue weighted by Gasteiger charge is 2.04. The number of para-hydroxylation sites is 1. The summed E-state index contributed by atoms with van der Waals surface area (Å²) in [6.45, 7) is 3.71. The minimum Gasteiger partial charge on any atom is -0.491 e. The summed E-state index contributed by atoms with van der Waals surface area (Å²) >= 11 is 0. The standard InChI is InChI=1S/C20H25NO7/c22-21(23)18-6-8-20(9-7-18)28-17-15-26-13-11-24-10-12-25-14-16-27-19-4-2-1-3-5-19/h1-9H,10-17H2. The van der Waals surface area contributed by atoms with E-state index in [0.29, 0.717) is 58.6 Å². The van der Waals surface area contributed by atoms with Gasteiger partial charge in [-0.05, 0) is 24.3 Å². The minimum atomic E-state index is -0.448. The molecule has 28 heavy (non-hydrogen) atoms. The van der Waals surface area contributed by atoms with Gasteiger partial charge in [0.25, 0.3) is 5.69 Å². The second-order valence-electron chi connectivity index (χ2n) is 5.60. The van der Waals surface area contributed by atoms with Crippen LogP contribution in [0.3, 0.4) is 0 Å². The summed E-state index contributed by atoms with van der Waals surface area (Å²) in [6, 6.07) is 15.5. The second kappa shape index (κ2) is 13.5. The van der Waals surface area contributed by atoms with Gasteiger partial charge in [-0.25, -0.2) is 0 Å². The van der Waals surface area contributed by atoms with Crippen LogP contribution in [-0.4, -0.2) is 57.8 Å². The fraction of sp³-hybridized carbons (Fsp3) is 0.400. The van der Waals surface area contributed by atoms with E-state index in [1.165, 1.54) is 12.1 Å². The Morgan fingerprint density at radius 3 is 1.50 bits per heavy atom. The van der Waals surface area contributed by atoms with Crippen molar-refractivity contribution >= 4 is 5.69 Å². The van der Waals surface area contributed by atoms with Crippen molar-refractivity contribution in [2.45, 2.75) is 0 Å². The lowest BCUT2D eigenvalue weighted by Crippen LogP contribution is -2.14. The second-order valence-corrected chi connectivity index (χ2v) is 5.60. The number of hydrogen-bond donors (Lipinski definition) is 0. The summed E-state index contributed by atoms with van der Waals surface area (Å²) in [5.41, 5.74) is 0.0356. The van der Waals surface area contributed by atoms with Gasteiger partial charge in [0.05, 0.1) is 44.6 Å². The average molecular weight is 391 g/mol. The Morgan fingerprint density at radius 2 is 1.04 bits per heavy atom. The summed E-state index contributed by atoms with van der Waals surface area (Å²) in [7, 11) is 0. The molecule has 0 saturated heterocycles. The zero-order valence-corrected chi connectivity index (χ0v) is 15.7. The molecule has 0 bridgehead atoms. The van der Waals surface area contributed by atoms with E-state index in [9.17, 15) is 10.1 Å². The first-order valence-corrected chi connectivity index (χ1v) is 9.04. The maximum atomic E-state index is 10.6. The van der Waals surface area contributed by atoms with Crippen LogP contribution in [0.1, 0.15) is 0 Å². The quantitative estimate of drug-likeness (QED) is 0.262. The van der Waals surface area contributed by atoms with Crippen molar-refractivity contribution in [3.05, 3.63) is 64.7 Å². The van der Waals surface area contributed by atoms with Crippen molar-refractivity contribution in [2.24, 2.45) is 0 Å². The van der Waals surface area contributed by atoms with Gasteiger partial charge in [0.1, 0.15) is 24.7 Å². The molecule has 0 spiro atoms. The Kier molecular flexibility index (Phi) is 10.4. The van der Waals surface area contributed by atoms with E-state index in [1.807, 2.05) is 30.3 Å². The molecule has 0 saturated carbocycles. The summed E-state index contributed by atoms with van der Waals surface area (Å²) in [5.74, 6) is 1.40. The topological polar surface area (TPSA) is 89.3 Å². The third-order valence-electron chi connectivity index (χ3n) is 3.53. The van der Waals surface area contributed by atoms with Gasteiger partial charge in [-0.15, -0.1) is 0 Å². The van der Waals surface area contributed by atoms with E-state index in [0.717, 1.165) is 5.75 Å². The average Bonchev–Trinajstić information content (AvgIpc) is 2.72. The number of benzene rings is 2. The fourth-order valence-electron chi connectivity index (χ4n) is 2.16. The molecule has 0 aromatic heterocycles. The van der Waals surface area contributed by atoms with Gasteiger partial charge in [0, 0.05) is 12.1 Å². The normalized spacial score (nSPS) is 10.6. The van der Waals surface area contributed by atoms with Crippen LogP contribution in [0.4, 0.5) is 5.69 Å². The van der Waals surface area contributed by atoms with Crippen molar-refractivity contribution in [1.82, 2.24) is 0 Å². The Labute approximate surface area is 164 Å². The number of non-ortho nitro benzene ring substituents is 1. The molecule has 152 valence electrons. The molecule has 0 N–H and O–H groups in total. The molecule has 8 heteroatoms. The lowest BCUT2D eigenvalue weighted by atomic mass is 10.3. The molecule has 0 aliphatic rings. The molecule has 0 atom stereocenters. The number of rotatable bonds is 15. The molecule has 0 aliphatic heterocycles. The van der Waals surface area contributed by atoms with Crippen LogP contribution in [0, 0.1) is 10.1 Å². The van der Waals surface area contributed by atoms with Gasteiger partial charge in [-0.3, -0.25) is 10.1 Å². The van der Waals surface area contributed by atoms with E-state index >= 15 is 0 Å². The molecular weight excluding hydrogens is 366 g/mol. The predicted octanol–water partition coefficient (Wildman–Crippen LogP) is 3.10. The first kappa shape index (κ1) is 21.6. The molecule has 0 amide bonds. The van der Waals surface area contributed by atoms with Crippen molar-refractivity contribution in [3.63, 3.8) is 0 Å². The zero-order chi connectivity index (χ0) is 19.9.